The van der Waals surface area contributed by atoms with Crippen molar-refractivity contribution in [1.82, 2.24) is 77.5 Å². The van der Waals surface area contributed by atoms with Crippen molar-refractivity contribution in [3.05, 3.63) is 264 Å². The van der Waals surface area contributed by atoms with E-state index < -0.39 is 0 Å². The minimum absolute atomic E-state index is 0.0182. The van der Waals surface area contributed by atoms with Gasteiger partial charge < -0.3 is 56.3 Å². The van der Waals surface area contributed by atoms with E-state index in [0.717, 1.165) is 38.3 Å². The number of fused-ring (bicyclic) bond motifs is 3. The average Bonchev–Trinajstić information content (AvgIpc) is 1.70. The van der Waals surface area contributed by atoms with Gasteiger partial charge in [-0.2, -0.15) is 15.3 Å². The Kier molecular flexibility index (Phi) is 51.5. The van der Waals surface area contributed by atoms with E-state index in [0.29, 0.717) is 98.5 Å². The van der Waals surface area contributed by atoms with Crippen molar-refractivity contribution in [1.29, 1.82) is 0 Å². The van der Waals surface area contributed by atoms with Crippen LogP contribution in [0.15, 0.2) is 217 Å². The summed E-state index contributed by atoms with van der Waals surface area (Å²) in [6, 6.07) is 54.6. The molecule has 25 nitrogen and oxygen atoms in total. The van der Waals surface area contributed by atoms with Gasteiger partial charge in [-0.05, 0) is 251 Å². The molecule has 11 aromatic rings. The molecule has 9 N–H and O–H groups in total. The maximum absolute atomic E-state index is 12.1. The second kappa shape index (κ2) is 61.6. The minimum Gasteiger partial charge on any atom is -0.469 e. The van der Waals surface area contributed by atoms with Gasteiger partial charge in [-0.3, -0.25) is 48.4 Å². The number of hydrogen-bond acceptors (Lipinski definition) is 15. The smallest absolute Gasteiger partial charge is 0.273 e. The molecule has 0 radical (unpaired) electrons. The van der Waals surface area contributed by atoms with Crippen LogP contribution in [0, 0.1) is 145 Å². The second-order valence-corrected chi connectivity index (χ2v) is 41.1. The minimum atomic E-state index is -0.208. The number of aryl methyl sites for hydroxylation is 2. The first kappa shape index (κ1) is 121. The van der Waals surface area contributed by atoms with Crippen LogP contribution in [0.2, 0.25) is 0 Å². The molecule has 760 valence electrons. The average molecular weight is 1960 g/mol. The van der Waals surface area contributed by atoms with Gasteiger partial charge in [-0.15, -0.1) is 0 Å². The Balaban J connectivity index is 0.000000346. The number of furan rings is 1. The van der Waals surface area contributed by atoms with Gasteiger partial charge >= 0.3 is 0 Å². The SMILES string of the molecule is CC(C)(C)C#CCNC(=O)COCc1ccccc1.CC(C)(C)C#CCNC(=O)Cc1ccco1.CC(C)(C)C#CCNC(=O)c1ccc2ccccc2n1.CC(C)(C)C#CCNC(=O)c1ccncc1.CC(C)(C)C#CCNC(=O)c1cnnc2ccccc12.CC(C)(C)C#CCNC(=O)c1n[nH]c2ccccc12.Cc1ccc(/C=C/C(=O)NCC#CC(C)(C)C)cc1.Cn1cccc1C(=O)NCC#CC(C)(C)C. The lowest BCUT2D eigenvalue weighted by atomic mass is 9.98. The Morgan fingerprint density at radius 1 is 0.414 bits per heavy atom. The maximum Gasteiger partial charge on any atom is 0.273 e. The van der Waals surface area contributed by atoms with Crippen LogP contribution in [0.4, 0.5) is 0 Å². The molecule has 0 fully saturated rings. The van der Waals surface area contributed by atoms with Crippen molar-refractivity contribution in [2.45, 2.75) is 186 Å². The summed E-state index contributed by atoms with van der Waals surface area (Å²) in [5.41, 5.74) is 7.98. The van der Waals surface area contributed by atoms with Gasteiger partial charge in [0.1, 0.15) is 23.8 Å². The number of rotatable bonds is 21. The molecule has 0 saturated heterocycles. The van der Waals surface area contributed by atoms with Crippen LogP contribution in [0.1, 0.15) is 241 Å². The Labute approximate surface area is 859 Å². The molecule has 6 heterocycles. The number of pyridine rings is 2. The molecule has 0 unspecified atom stereocenters. The highest BCUT2D eigenvalue weighted by Crippen LogP contribution is 2.20. The molecule has 0 aliphatic rings. The summed E-state index contributed by atoms with van der Waals surface area (Å²) in [7, 11) is 1.84. The Hall–Kier alpha value is -16.0. The molecule has 6 aromatic heterocycles. The molecule has 8 amide bonds. The number of nitrogens with zero attached hydrogens (tertiary/aromatic N) is 6. The summed E-state index contributed by atoms with van der Waals surface area (Å²) in [5.74, 6) is 47.6. The van der Waals surface area contributed by atoms with E-state index in [1.165, 1.54) is 17.8 Å². The lowest BCUT2D eigenvalue weighted by Crippen LogP contribution is -2.27. The molecule has 25 heteroatoms. The number of carbonyl (C=O) groups is 8. The fourth-order valence-electron chi connectivity index (χ4n) is 11.1. The number of H-pyrrole nitrogens is 1. The molecule has 0 spiro atoms. The predicted molar refractivity (Wildman–Crippen MR) is 584 cm³/mol. The number of aromatic nitrogens is 7. The molecule has 0 aliphatic heterocycles. The van der Waals surface area contributed by atoms with Crippen molar-refractivity contribution in [3.63, 3.8) is 0 Å². The Bertz CT molecular complexity index is 6590. The third-order valence-electron chi connectivity index (χ3n) is 17.7. The van der Waals surface area contributed by atoms with Crippen LogP contribution < -0.4 is 42.5 Å². The van der Waals surface area contributed by atoms with E-state index in [9.17, 15) is 38.4 Å². The predicted octanol–water partition coefficient (Wildman–Crippen LogP) is 19.0. The van der Waals surface area contributed by atoms with E-state index in [4.69, 9.17) is 9.15 Å². The van der Waals surface area contributed by atoms with Gasteiger partial charge in [0.2, 0.25) is 17.7 Å². The Morgan fingerprint density at radius 2 is 0.855 bits per heavy atom. The largest absolute Gasteiger partial charge is 0.469 e. The van der Waals surface area contributed by atoms with Crippen LogP contribution in [0.25, 0.3) is 38.8 Å². The van der Waals surface area contributed by atoms with Crippen molar-refractivity contribution < 1.29 is 47.5 Å². The summed E-state index contributed by atoms with van der Waals surface area (Å²) in [5, 5.41) is 39.3. The van der Waals surface area contributed by atoms with E-state index in [1.807, 2.05) is 326 Å². The highest BCUT2D eigenvalue weighted by molar-refractivity contribution is 6.06. The van der Waals surface area contributed by atoms with Gasteiger partial charge in [-0.25, -0.2) is 4.98 Å². The van der Waals surface area contributed by atoms with E-state index >= 15 is 0 Å². The standard InChI is InChI=1S/C17H18N2O.C17H21NO.C16H17N3O.C16H21NO2.C15H17N3O.C13H18N2O.C13H16N2O.C13H17NO2/c1-17(2,3)11-6-12-18-16(20)15-10-9-13-7-4-5-8-14(13)19-15;1-14-6-8-15(9-7-14)10-11-16(19)18-13-5-12-17(2,3)4;1-16(2,3)9-6-10-17-15(20)13-11-18-19-14-8-5-4-7-12(13)14;1-16(2,3)10-7-11-17-15(18)13-19-12-14-8-5-4-6-9-14;1-15(2,3)9-6-10-16-14(19)13-11-7-4-5-8-12(11)17-18-13;1-13(2,3)8-6-9-14-12(16)11-7-5-10-15(11)4;1-13(2,3)7-4-8-15-12(16)11-5-9-14-10-6-11;1-13(2,3)7-5-8-14-12(15)10-11-6-4-9-16-11/h4-5,7-10H,12H2,1-3H3,(H,18,20);6-11H,13H2,1-4H3,(H,18,19);4-5,7-8,11H,10H2,1-3H3,(H,17,20);4-6,8-9H,11-13H2,1-3H3,(H,17,18);4-5,7-8H,10H2,1-3H3,(H,16,19)(H,17,18);5,7,10H,9H2,1-4H3,(H,14,16);5-6,9-10H,8H2,1-3H3,(H,15,16);4,6,9H,8,10H2,1-3H3,(H,14,15)/b;11-10+;;;;;;. The molecule has 0 aliphatic carbocycles. The molecule has 0 bridgehead atoms. The van der Waals surface area contributed by atoms with Gasteiger partial charge in [0.05, 0.1) is 100.0 Å². The highest BCUT2D eigenvalue weighted by Gasteiger charge is 2.17. The fraction of sp³-hybridized carbons (Fsp3) is 0.375. The normalized spacial score (nSPS) is 10.6. The first-order chi connectivity index (χ1) is 68.1. The lowest BCUT2D eigenvalue weighted by molar-refractivity contribution is -0.126. The number of hydrogen-bond donors (Lipinski definition) is 9. The number of carbonyl (C=O) groups excluding carboxylic acids is 8. The summed E-state index contributed by atoms with van der Waals surface area (Å²) in [6.07, 6.45) is 11.7. The van der Waals surface area contributed by atoms with Crippen LogP contribution in [-0.4, -0.2) is 141 Å². The van der Waals surface area contributed by atoms with Gasteiger partial charge in [0.15, 0.2) is 5.69 Å². The number of nitrogens with one attached hydrogen (secondary N) is 9. The van der Waals surface area contributed by atoms with Crippen molar-refractivity contribution >= 4 is 86.0 Å². The van der Waals surface area contributed by atoms with Crippen LogP contribution in [0.5, 0.6) is 0 Å². The fourth-order valence-corrected chi connectivity index (χ4v) is 11.1. The molecule has 145 heavy (non-hydrogen) atoms. The lowest BCUT2D eigenvalue weighted by Gasteiger charge is -2.07. The van der Waals surface area contributed by atoms with Gasteiger partial charge in [0, 0.05) is 96.8 Å². The monoisotopic (exact) mass is 1960 g/mol. The summed E-state index contributed by atoms with van der Waals surface area (Å²) >= 11 is 0. The summed E-state index contributed by atoms with van der Waals surface area (Å²) in [4.78, 5) is 102. The summed E-state index contributed by atoms with van der Waals surface area (Å²) in [6.45, 7) is 54.3. The number of ether oxygens (including phenoxy) is 1. The van der Waals surface area contributed by atoms with Gasteiger partial charge in [-0.1, -0.05) is 216 Å². The van der Waals surface area contributed by atoms with Crippen LogP contribution in [0.3, 0.4) is 0 Å². The van der Waals surface area contributed by atoms with Crippen molar-refractivity contribution in [3.8, 4) is 94.7 Å². The number of amides is 8. The molecule has 0 atom stereocenters. The molecular formula is C120H145N15O10. The zero-order valence-electron chi connectivity index (χ0n) is 89.3. The first-order valence-corrected chi connectivity index (χ1v) is 47.7. The highest BCUT2D eigenvalue weighted by atomic mass is 16.5. The van der Waals surface area contributed by atoms with Gasteiger partial charge in [0.25, 0.3) is 29.5 Å². The quantitative estimate of drug-likeness (QED) is 0.0238. The van der Waals surface area contributed by atoms with Crippen molar-refractivity contribution in [2.24, 2.45) is 50.4 Å². The van der Waals surface area contributed by atoms with E-state index in [-0.39, 0.29) is 104 Å². The first-order valence-electron chi connectivity index (χ1n) is 47.7. The third kappa shape index (κ3) is 58.1. The maximum atomic E-state index is 12.1. The zero-order valence-corrected chi connectivity index (χ0v) is 89.3. The molecule has 0 saturated carbocycles. The number of aromatic amines is 1. The molecular weight excluding hydrogens is 1810 g/mol. The topological polar surface area (TPSA) is 340 Å². The Morgan fingerprint density at radius 3 is 1.35 bits per heavy atom. The number of benzene rings is 5. The second-order valence-electron chi connectivity index (χ2n) is 41.1. The molecule has 11 rings (SSSR count). The van der Waals surface area contributed by atoms with Crippen LogP contribution >= 0.6 is 0 Å². The third-order valence-corrected chi connectivity index (χ3v) is 17.7. The number of para-hydroxylation sites is 2. The van der Waals surface area contributed by atoms with E-state index in [2.05, 4.69) is 168 Å². The zero-order chi connectivity index (χ0) is 108. The molecule has 5 aromatic carbocycles. The van der Waals surface area contributed by atoms with Crippen LogP contribution in [-0.2, 0) is 39.2 Å². The van der Waals surface area contributed by atoms with Crippen molar-refractivity contribution in [2.75, 3.05) is 59.0 Å². The van der Waals surface area contributed by atoms with E-state index in [1.54, 1.807) is 65.7 Å². The summed E-state index contributed by atoms with van der Waals surface area (Å²) < 4.78 is 12.2.